The molecule has 2 aromatic heterocycles. The number of rotatable bonds is 12. The first-order valence-corrected chi connectivity index (χ1v) is 15.5. The zero-order valence-corrected chi connectivity index (χ0v) is 27.7. The van der Waals surface area contributed by atoms with Gasteiger partial charge in [0, 0.05) is 33.6 Å². The molecule has 250 valence electrons. The summed E-state index contributed by atoms with van der Waals surface area (Å²) in [6.45, 7) is 0.242. The Balaban J connectivity index is 1.43. The number of hydrogen-bond donors (Lipinski definition) is 4. The second-order valence-corrected chi connectivity index (χ2v) is 11.8. The van der Waals surface area contributed by atoms with E-state index in [1.165, 1.54) is 17.1 Å². The quantitative estimate of drug-likeness (QED) is 0.127. The summed E-state index contributed by atoms with van der Waals surface area (Å²) in [5, 5.41) is 37.5. The van der Waals surface area contributed by atoms with Crippen molar-refractivity contribution in [2.75, 3.05) is 31.3 Å². The van der Waals surface area contributed by atoms with E-state index < -0.39 is 18.0 Å². The maximum absolute atomic E-state index is 13.4. The highest BCUT2D eigenvalue weighted by atomic mass is 35.5. The van der Waals surface area contributed by atoms with Crippen molar-refractivity contribution in [3.8, 4) is 16.8 Å². The van der Waals surface area contributed by atoms with Gasteiger partial charge < -0.3 is 20.6 Å². The van der Waals surface area contributed by atoms with Crippen LogP contribution in [0.25, 0.3) is 22.9 Å². The summed E-state index contributed by atoms with van der Waals surface area (Å²) in [4.78, 5) is 38.4. The lowest BCUT2D eigenvalue weighted by Crippen LogP contribution is -2.29. The third-order valence-corrected chi connectivity index (χ3v) is 7.54. The lowest BCUT2D eigenvalue weighted by atomic mass is 10.00. The molecular formula is C33H30Cl2N10O4. The number of nitrogens with zero attached hydrogens (tertiary/aromatic N) is 7. The van der Waals surface area contributed by atoms with Crippen molar-refractivity contribution in [1.82, 2.24) is 40.6 Å². The molecule has 14 nitrogen and oxygen atoms in total. The lowest BCUT2D eigenvalue weighted by Gasteiger charge is -2.19. The van der Waals surface area contributed by atoms with Crippen LogP contribution in [0.5, 0.6) is 0 Å². The molecule has 1 atom stereocenters. The van der Waals surface area contributed by atoms with Gasteiger partial charge in [-0.1, -0.05) is 47.5 Å². The maximum atomic E-state index is 13.4. The van der Waals surface area contributed by atoms with E-state index in [9.17, 15) is 14.4 Å². The number of anilines is 2. The fourth-order valence-electron chi connectivity index (χ4n) is 4.82. The van der Waals surface area contributed by atoms with Crippen LogP contribution >= 0.6 is 23.2 Å². The van der Waals surface area contributed by atoms with E-state index in [1.54, 1.807) is 71.6 Å². The van der Waals surface area contributed by atoms with E-state index in [2.05, 4.69) is 41.7 Å². The Kier molecular flexibility index (Phi) is 11.3. The van der Waals surface area contributed by atoms with E-state index >= 15 is 0 Å². The number of carbonyl (C=O) groups excluding carboxylic acids is 2. The van der Waals surface area contributed by atoms with Crippen molar-refractivity contribution in [3.05, 3.63) is 112 Å². The third kappa shape index (κ3) is 9.67. The molecule has 5 aromatic rings. The number of benzene rings is 3. The van der Waals surface area contributed by atoms with Crippen LogP contribution in [-0.2, 0) is 16.0 Å². The molecule has 0 spiro atoms. The van der Waals surface area contributed by atoms with Gasteiger partial charge in [-0.2, -0.15) is 9.78 Å². The van der Waals surface area contributed by atoms with E-state index in [0.29, 0.717) is 50.9 Å². The Morgan fingerprint density at radius 3 is 2.33 bits per heavy atom. The van der Waals surface area contributed by atoms with E-state index in [0.717, 1.165) is 5.56 Å². The van der Waals surface area contributed by atoms with Crippen molar-refractivity contribution in [2.45, 2.75) is 12.5 Å². The van der Waals surface area contributed by atoms with Gasteiger partial charge in [0.2, 0.25) is 11.8 Å². The molecule has 49 heavy (non-hydrogen) atoms. The van der Waals surface area contributed by atoms with Gasteiger partial charge in [-0.15, -0.1) is 10.2 Å². The van der Waals surface area contributed by atoms with Crippen molar-refractivity contribution in [1.29, 1.82) is 0 Å². The molecule has 0 aliphatic carbocycles. The first-order chi connectivity index (χ1) is 23.5. The van der Waals surface area contributed by atoms with Crippen LogP contribution in [0.3, 0.4) is 0 Å². The minimum Gasteiger partial charge on any atom is -0.465 e. The molecule has 0 fully saturated rings. The average Bonchev–Trinajstić information content (AvgIpc) is 3.59. The molecule has 0 saturated heterocycles. The molecule has 16 heteroatoms. The lowest BCUT2D eigenvalue weighted by molar-refractivity contribution is -0.117. The first kappa shape index (κ1) is 34.6. The van der Waals surface area contributed by atoms with Crippen LogP contribution in [0.1, 0.15) is 22.9 Å². The van der Waals surface area contributed by atoms with Gasteiger partial charge in [-0.25, -0.2) is 4.79 Å². The molecule has 4 N–H and O–H groups in total. The minimum atomic E-state index is -1.18. The van der Waals surface area contributed by atoms with Crippen LogP contribution in [-0.4, -0.2) is 79.0 Å². The summed E-state index contributed by atoms with van der Waals surface area (Å²) in [5.41, 5.74) is 4.71. The molecule has 0 aliphatic heterocycles. The molecule has 2 heterocycles. The molecule has 5 rings (SSSR count). The monoisotopic (exact) mass is 700 g/mol. The number of carboxylic acid groups (broad SMARTS) is 1. The van der Waals surface area contributed by atoms with Crippen LogP contribution in [0.2, 0.25) is 10.2 Å². The van der Waals surface area contributed by atoms with Gasteiger partial charge in [-0.05, 0) is 96.7 Å². The van der Waals surface area contributed by atoms with Gasteiger partial charge in [0.1, 0.15) is 6.33 Å². The SMILES string of the molecule is CN(C)CC(=O)Nc1ccc(CC(NC(=O)C=Cc2cc(Cl)ccc2-n2cnnn2)c2cc(-c3ccc(NC(=O)O)cc3)c(Cl)nn2)cc1. The standard InChI is InChI=1S/C33H30Cl2N10O4/c1-44(2)18-31(47)37-24-9-3-20(4-10-24)15-27(28-17-26(32(35)41-40-28)21-5-11-25(12-6-21)38-33(48)49)39-30(46)14-7-22-16-23(34)8-13-29(22)45-19-36-42-43-45/h3-14,16-17,19,27,38H,15,18H2,1-2H3,(H,37,47)(H,39,46)(H,48,49). The van der Waals surface area contributed by atoms with Gasteiger partial charge in [0.25, 0.3) is 0 Å². The number of likely N-dealkylation sites (N-methyl/N-ethyl adjacent to an activating group) is 1. The maximum Gasteiger partial charge on any atom is 0.409 e. The molecular weight excluding hydrogens is 671 g/mol. The highest BCUT2D eigenvalue weighted by molar-refractivity contribution is 6.32. The summed E-state index contributed by atoms with van der Waals surface area (Å²) in [6, 6.07) is 20.0. The Bertz CT molecular complexity index is 1970. The number of carbonyl (C=O) groups is 3. The van der Waals surface area contributed by atoms with Crippen LogP contribution in [0.4, 0.5) is 16.2 Å². The number of amides is 3. The zero-order chi connectivity index (χ0) is 34.9. The van der Waals surface area contributed by atoms with Gasteiger partial charge in [0.05, 0.1) is 24.0 Å². The fourth-order valence-corrected chi connectivity index (χ4v) is 5.20. The normalized spacial score (nSPS) is 11.8. The van der Waals surface area contributed by atoms with Crippen LogP contribution < -0.4 is 16.0 Å². The van der Waals surface area contributed by atoms with Crippen LogP contribution in [0.15, 0.2) is 85.2 Å². The smallest absolute Gasteiger partial charge is 0.409 e. The number of nitrogens with one attached hydrogen (secondary N) is 3. The predicted octanol–water partition coefficient (Wildman–Crippen LogP) is 5.13. The summed E-state index contributed by atoms with van der Waals surface area (Å²) < 4.78 is 1.46. The molecule has 0 saturated carbocycles. The Labute approximate surface area is 290 Å². The minimum absolute atomic E-state index is 0.126. The topological polar surface area (TPSA) is 180 Å². The number of tetrazole rings is 1. The van der Waals surface area contributed by atoms with E-state index in [-0.39, 0.29) is 17.6 Å². The third-order valence-electron chi connectivity index (χ3n) is 7.03. The van der Waals surface area contributed by atoms with Crippen molar-refractivity contribution >= 4 is 58.6 Å². The van der Waals surface area contributed by atoms with Crippen molar-refractivity contribution in [3.63, 3.8) is 0 Å². The summed E-state index contributed by atoms with van der Waals surface area (Å²) in [6.07, 6.45) is 3.54. The van der Waals surface area contributed by atoms with Crippen LogP contribution in [0, 0.1) is 0 Å². The van der Waals surface area contributed by atoms with Gasteiger partial charge in [-0.3, -0.25) is 14.9 Å². The molecule has 1 unspecified atom stereocenters. The number of halogens is 2. The summed E-state index contributed by atoms with van der Waals surface area (Å²) in [5.74, 6) is -0.573. The van der Waals surface area contributed by atoms with E-state index in [4.69, 9.17) is 28.3 Å². The Hall–Kier alpha value is -5.70. The Morgan fingerprint density at radius 2 is 1.65 bits per heavy atom. The first-order valence-electron chi connectivity index (χ1n) is 14.7. The van der Waals surface area contributed by atoms with Crippen molar-refractivity contribution in [2.24, 2.45) is 0 Å². The highest BCUT2D eigenvalue weighted by Gasteiger charge is 2.20. The largest absolute Gasteiger partial charge is 0.465 e. The summed E-state index contributed by atoms with van der Waals surface area (Å²) >= 11 is 12.7. The second kappa shape index (κ2) is 15.9. The van der Waals surface area contributed by atoms with Gasteiger partial charge in [0.15, 0.2) is 5.15 Å². The van der Waals surface area contributed by atoms with Crippen molar-refractivity contribution < 1.29 is 19.5 Å². The average molecular weight is 702 g/mol. The van der Waals surface area contributed by atoms with E-state index in [1.807, 2.05) is 26.2 Å². The Morgan fingerprint density at radius 1 is 0.939 bits per heavy atom. The molecule has 0 radical (unpaired) electrons. The fraction of sp³-hybridized carbons (Fsp3) is 0.152. The molecule has 3 amide bonds. The molecule has 0 aliphatic rings. The number of hydrogen-bond acceptors (Lipinski definition) is 9. The predicted molar refractivity (Wildman–Crippen MR) is 186 cm³/mol. The summed E-state index contributed by atoms with van der Waals surface area (Å²) in [7, 11) is 3.62. The zero-order valence-electron chi connectivity index (χ0n) is 26.2. The second-order valence-electron chi connectivity index (χ2n) is 11.0. The molecule has 0 bridgehead atoms. The number of aromatic nitrogens is 6. The molecule has 3 aromatic carbocycles. The van der Waals surface area contributed by atoms with Gasteiger partial charge >= 0.3 is 6.09 Å². The highest BCUT2D eigenvalue weighted by Crippen LogP contribution is 2.30.